The van der Waals surface area contributed by atoms with Gasteiger partial charge in [0.05, 0.1) is 6.20 Å². The van der Waals surface area contributed by atoms with E-state index in [9.17, 15) is 18.0 Å². The number of allylic oxidation sites excluding steroid dienone is 2. The van der Waals surface area contributed by atoms with Crippen molar-refractivity contribution in [2.45, 2.75) is 37.4 Å². The number of halogens is 4. The minimum Gasteiger partial charge on any atom is -0.408 e. The van der Waals surface area contributed by atoms with E-state index in [0.717, 1.165) is 18.5 Å². The van der Waals surface area contributed by atoms with Gasteiger partial charge in [0.2, 0.25) is 11.7 Å². The van der Waals surface area contributed by atoms with E-state index in [2.05, 4.69) is 10.3 Å². The van der Waals surface area contributed by atoms with Crippen LogP contribution in [0.3, 0.4) is 0 Å². The molecule has 1 aliphatic heterocycles. The van der Waals surface area contributed by atoms with Gasteiger partial charge in [0.15, 0.2) is 5.75 Å². The lowest BCUT2D eigenvalue weighted by Crippen LogP contribution is -2.49. The molecule has 0 saturated heterocycles. The number of primary amides is 1. The number of carbonyl (C=O) groups is 1. The maximum absolute atomic E-state index is 15.9. The molecule has 26 heavy (non-hydrogen) atoms. The Kier molecular flexibility index (Phi) is 4.64. The van der Waals surface area contributed by atoms with Crippen molar-refractivity contribution in [2.75, 3.05) is 0 Å². The summed E-state index contributed by atoms with van der Waals surface area (Å²) in [5.41, 5.74) is 4.91. The number of hydrogen-bond acceptors (Lipinski definition) is 4. The molecule has 1 saturated carbocycles. The van der Waals surface area contributed by atoms with E-state index >= 15 is 4.39 Å². The standard InChI is InChI=1S/C17H17F4N3O2/c18-11-7-13(12-3-6-23-9-14(12)26-15(22)25)17(21,24-8-11)10-1-4-16(19,20)5-2-10/h3,6-10,24H,1-2,4-5H2,(H2,22,25). The van der Waals surface area contributed by atoms with Gasteiger partial charge in [-0.05, 0) is 25.0 Å². The van der Waals surface area contributed by atoms with Crippen LogP contribution in [0.2, 0.25) is 0 Å². The molecule has 5 nitrogen and oxygen atoms in total. The van der Waals surface area contributed by atoms with Gasteiger partial charge in [0.25, 0.3) is 0 Å². The fourth-order valence-corrected chi connectivity index (χ4v) is 3.38. The van der Waals surface area contributed by atoms with E-state index in [1.54, 1.807) is 0 Å². The second-order valence-corrected chi connectivity index (χ2v) is 6.37. The van der Waals surface area contributed by atoms with Crippen LogP contribution in [-0.4, -0.2) is 22.8 Å². The zero-order valence-corrected chi connectivity index (χ0v) is 13.6. The molecule has 0 radical (unpaired) electrons. The normalized spacial score (nSPS) is 25.7. The first-order chi connectivity index (χ1) is 12.2. The molecule has 140 valence electrons. The molecule has 2 aliphatic rings. The monoisotopic (exact) mass is 371 g/mol. The van der Waals surface area contributed by atoms with Crippen molar-refractivity contribution < 1.29 is 27.1 Å². The van der Waals surface area contributed by atoms with Gasteiger partial charge < -0.3 is 15.8 Å². The van der Waals surface area contributed by atoms with Crippen molar-refractivity contribution in [2.24, 2.45) is 11.7 Å². The summed E-state index contributed by atoms with van der Waals surface area (Å²) in [6.07, 6.45) is 2.06. The van der Waals surface area contributed by atoms with Gasteiger partial charge in [-0.3, -0.25) is 4.98 Å². The number of hydrogen-bond donors (Lipinski definition) is 2. The summed E-state index contributed by atoms with van der Waals surface area (Å²) in [5.74, 6) is -6.85. The number of nitrogens with two attached hydrogens (primary N) is 1. The van der Waals surface area contributed by atoms with Crippen LogP contribution in [0.25, 0.3) is 5.57 Å². The Labute approximate surface area is 146 Å². The van der Waals surface area contributed by atoms with E-state index in [4.69, 9.17) is 10.5 Å². The van der Waals surface area contributed by atoms with Gasteiger partial charge in [-0.1, -0.05) is 0 Å². The molecular formula is C17H17F4N3O2. The number of amides is 1. The van der Waals surface area contributed by atoms with Crippen LogP contribution in [0.4, 0.5) is 22.4 Å². The predicted molar refractivity (Wildman–Crippen MR) is 85.5 cm³/mol. The van der Waals surface area contributed by atoms with Crippen molar-refractivity contribution in [1.29, 1.82) is 0 Å². The number of nitrogens with zero attached hydrogens (tertiary/aromatic N) is 1. The number of pyridine rings is 1. The maximum Gasteiger partial charge on any atom is 0.410 e. The Morgan fingerprint density at radius 3 is 2.65 bits per heavy atom. The summed E-state index contributed by atoms with van der Waals surface area (Å²) in [4.78, 5) is 14.9. The molecule has 0 spiro atoms. The Bertz CT molecular complexity index is 771. The van der Waals surface area contributed by atoms with Crippen LogP contribution in [0.15, 0.2) is 36.6 Å². The summed E-state index contributed by atoms with van der Waals surface area (Å²) in [7, 11) is 0. The average Bonchev–Trinajstić information content (AvgIpc) is 2.57. The summed E-state index contributed by atoms with van der Waals surface area (Å²) in [6, 6.07) is 1.34. The lowest BCUT2D eigenvalue weighted by molar-refractivity contribution is -0.0642. The highest BCUT2D eigenvalue weighted by Gasteiger charge is 2.49. The first kappa shape index (κ1) is 18.2. The zero-order valence-electron chi connectivity index (χ0n) is 13.6. The van der Waals surface area contributed by atoms with Crippen molar-refractivity contribution in [1.82, 2.24) is 10.3 Å². The lowest BCUT2D eigenvalue weighted by atomic mass is 9.75. The third-order valence-electron chi connectivity index (χ3n) is 4.66. The average molecular weight is 371 g/mol. The molecule has 1 amide bonds. The number of carbonyl (C=O) groups excluding carboxylic acids is 1. The lowest BCUT2D eigenvalue weighted by Gasteiger charge is -2.41. The topological polar surface area (TPSA) is 77.2 Å². The Hall–Kier alpha value is -2.58. The number of alkyl halides is 3. The largest absolute Gasteiger partial charge is 0.410 e. The fourth-order valence-electron chi connectivity index (χ4n) is 3.38. The molecule has 1 aromatic rings. The summed E-state index contributed by atoms with van der Waals surface area (Å²) < 4.78 is 61.5. The molecule has 2 heterocycles. The second-order valence-electron chi connectivity index (χ2n) is 6.37. The van der Waals surface area contributed by atoms with Gasteiger partial charge in [-0.2, -0.15) is 0 Å². The van der Waals surface area contributed by atoms with Crippen LogP contribution in [0, 0.1) is 5.92 Å². The minimum absolute atomic E-state index is 0.0642. The fraction of sp³-hybridized carbons (Fsp3) is 0.412. The molecule has 3 rings (SSSR count). The van der Waals surface area contributed by atoms with E-state index in [-0.39, 0.29) is 29.7 Å². The van der Waals surface area contributed by atoms with Crippen molar-refractivity contribution in [3.05, 3.63) is 42.1 Å². The molecule has 1 aliphatic carbocycles. The summed E-state index contributed by atoms with van der Waals surface area (Å²) in [5, 5.41) is 2.36. The van der Waals surface area contributed by atoms with E-state index in [1.165, 1.54) is 12.3 Å². The highest BCUT2D eigenvalue weighted by Crippen LogP contribution is 2.48. The van der Waals surface area contributed by atoms with Gasteiger partial charge in [-0.15, -0.1) is 0 Å². The first-order valence-electron chi connectivity index (χ1n) is 8.05. The van der Waals surface area contributed by atoms with Crippen LogP contribution in [-0.2, 0) is 0 Å². The van der Waals surface area contributed by atoms with Crippen molar-refractivity contribution >= 4 is 11.7 Å². The second kappa shape index (κ2) is 6.62. The quantitative estimate of drug-likeness (QED) is 0.625. The molecule has 1 unspecified atom stereocenters. The molecule has 9 heteroatoms. The predicted octanol–water partition coefficient (Wildman–Crippen LogP) is 3.83. The number of rotatable bonds is 3. The van der Waals surface area contributed by atoms with E-state index < -0.39 is 42.4 Å². The molecule has 1 aromatic heterocycles. The van der Waals surface area contributed by atoms with Crippen LogP contribution < -0.4 is 15.8 Å². The van der Waals surface area contributed by atoms with Gasteiger partial charge in [-0.25, -0.2) is 22.4 Å². The van der Waals surface area contributed by atoms with Crippen LogP contribution in [0.5, 0.6) is 5.75 Å². The molecule has 0 bridgehead atoms. The number of nitrogens with one attached hydrogen (secondary N) is 1. The summed E-state index contributed by atoms with van der Waals surface area (Å²) >= 11 is 0. The van der Waals surface area contributed by atoms with Gasteiger partial charge >= 0.3 is 6.09 Å². The number of ether oxygens (including phenoxy) is 1. The Morgan fingerprint density at radius 1 is 1.31 bits per heavy atom. The molecule has 0 aromatic carbocycles. The number of dihydropyridines is 1. The maximum atomic E-state index is 15.9. The number of aromatic nitrogens is 1. The Morgan fingerprint density at radius 2 is 2.00 bits per heavy atom. The van der Waals surface area contributed by atoms with Crippen LogP contribution in [0.1, 0.15) is 31.2 Å². The molecule has 1 atom stereocenters. The van der Waals surface area contributed by atoms with Crippen molar-refractivity contribution in [3.8, 4) is 5.75 Å². The van der Waals surface area contributed by atoms with E-state index in [0.29, 0.717) is 0 Å². The summed E-state index contributed by atoms with van der Waals surface area (Å²) in [6.45, 7) is 0. The smallest absolute Gasteiger partial charge is 0.408 e. The zero-order chi connectivity index (χ0) is 18.9. The minimum atomic E-state index is -2.83. The highest BCUT2D eigenvalue weighted by atomic mass is 19.3. The third-order valence-corrected chi connectivity index (χ3v) is 4.66. The van der Waals surface area contributed by atoms with Gasteiger partial charge in [0.1, 0.15) is 5.83 Å². The van der Waals surface area contributed by atoms with E-state index in [1.807, 2.05) is 0 Å². The van der Waals surface area contributed by atoms with Crippen LogP contribution >= 0.6 is 0 Å². The molecule has 3 N–H and O–H groups in total. The first-order valence-corrected chi connectivity index (χ1v) is 8.05. The van der Waals surface area contributed by atoms with Crippen molar-refractivity contribution in [3.63, 3.8) is 0 Å². The highest BCUT2D eigenvalue weighted by molar-refractivity contribution is 5.80. The SMILES string of the molecule is NC(=O)Oc1cnccc1C1=CC(F)=CNC1(F)C1CCC(F)(F)CC1. The van der Waals surface area contributed by atoms with Gasteiger partial charge in [0, 0.05) is 42.3 Å². The Balaban J connectivity index is 2.00. The molecule has 1 fully saturated rings. The molecular weight excluding hydrogens is 354 g/mol. The third kappa shape index (κ3) is 3.51.